The van der Waals surface area contributed by atoms with Crippen LogP contribution >= 0.6 is 0 Å². The summed E-state index contributed by atoms with van der Waals surface area (Å²) in [6.45, 7) is 0.367. The Bertz CT molecular complexity index is 428. The van der Waals surface area contributed by atoms with Crippen LogP contribution in [-0.4, -0.2) is 13.7 Å². The monoisotopic (exact) mass is 255 g/mol. The highest BCUT2D eigenvalue weighted by atomic mass is 19.1. The van der Waals surface area contributed by atoms with Crippen molar-refractivity contribution in [1.82, 2.24) is 0 Å². The predicted octanol–water partition coefficient (Wildman–Crippen LogP) is 3.13. The molecule has 0 amide bonds. The highest BCUT2D eigenvalue weighted by molar-refractivity contribution is 5.42. The molecule has 1 saturated carbocycles. The smallest absolute Gasteiger partial charge is 0.133 e. The molecular formula is C14H19F2NO. The van der Waals surface area contributed by atoms with Crippen LogP contribution in [0.25, 0.3) is 0 Å². The van der Waals surface area contributed by atoms with Gasteiger partial charge in [0.15, 0.2) is 0 Å². The second kappa shape index (κ2) is 5.22. The van der Waals surface area contributed by atoms with Crippen molar-refractivity contribution in [2.45, 2.75) is 37.5 Å². The number of benzene rings is 1. The van der Waals surface area contributed by atoms with E-state index in [1.54, 1.807) is 0 Å². The van der Waals surface area contributed by atoms with Crippen LogP contribution in [-0.2, 0) is 5.41 Å². The first kappa shape index (κ1) is 13.3. The molecule has 1 aromatic carbocycles. The largest absolute Gasteiger partial charge is 0.496 e. The molecule has 0 spiro atoms. The van der Waals surface area contributed by atoms with Gasteiger partial charge >= 0.3 is 0 Å². The Morgan fingerprint density at radius 1 is 1.22 bits per heavy atom. The van der Waals surface area contributed by atoms with Gasteiger partial charge in [0.05, 0.1) is 7.11 Å². The van der Waals surface area contributed by atoms with Gasteiger partial charge in [0.1, 0.15) is 17.4 Å². The fraction of sp³-hybridized carbons (Fsp3) is 0.571. The molecule has 100 valence electrons. The number of hydrogen-bond acceptors (Lipinski definition) is 2. The molecule has 1 fully saturated rings. The zero-order valence-corrected chi connectivity index (χ0v) is 10.6. The molecule has 0 unspecified atom stereocenters. The van der Waals surface area contributed by atoms with E-state index in [0.717, 1.165) is 38.2 Å². The number of nitrogens with two attached hydrogens (primary N) is 1. The van der Waals surface area contributed by atoms with E-state index in [1.807, 2.05) is 0 Å². The van der Waals surface area contributed by atoms with Crippen LogP contribution < -0.4 is 10.5 Å². The van der Waals surface area contributed by atoms with Gasteiger partial charge in [-0.1, -0.05) is 19.3 Å². The minimum absolute atomic E-state index is 0.278. The third-order valence-corrected chi connectivity index (χ3v) is 3.97. The molecule has 0 bridgehead atoms. The summed E-state index contributed by atoms with van der Waals surface area (Å²) < 4.78 is 32.5. The molecule has 0 aromatic heterocycles. The summed E-state index contributed by atoms with van der Waals surface area (Å²) in [7, 11) is 1.44. The molecule has 0 heterocycles. The second-order valence-corrected chi connectivity index (χ2v) is 5.01. The maximum Gasteiger partial charge on any atom is 0.133 e. The molecule has 0 aliphatic heterocycles. The summed E-state index contributed by atoms with van der Waals surface area (Å²) in [6.07, 6.45) is 4.87. The standard InChI is InChI=1S/C14H19F2NO/c1-18-12-8-10(15)7-11(16)13(12)14(9-17)5-3-2-4-6-14/h7-8H,2-6,9,17H2,1H3. The summed E-state index contributed by atoms with van der Waals surface area (Å²) in [4.78, 5) is 0. The molecule has 2 nitrogen and oxygen atoms in total. The number of ether oxygens (including phenoxy) is 1. The summed E-state index contributed by atoms with van der Waals surface area (Å²) in [5.41, 5.74) is 5.94. The minimum Gasteiger partial charge on any atom is -0.496 e. The van der Waals surface area contributed by atoms with Crippen LogP contribution in [0.5, 0.6) is 5.75 Å². The van der Waals surface area contributed by atoms with Crippen molar-refractivity contribution in [1.29, 1.82) is 0 Å². The van der Waals surface area contributed by atoms with Gasteiger partial charge in [-0.05, 0) is 12.8 Å². The number of methoxy groups -OCH3 is 1. The minimum atomic E-state index is -0.615. The number of hydrogen-bond donors (Lipinski definition) is 1. The van der Waals surface area contributed by atoms with E-state index < -0.39 is 17.0 Å². The second-order valence-electron chi connectivity index (χ2n) is 5.01. The Morgan fingerprint density at radius 3 is 2.44 bits per heavy atom. The van der Waals surface area contributed by atoms with Crippen LogP contribution in [0.1, 0.15) is 37.7 Å². The highest BCUT2D eigenvalue weighted by Gasteiger charge is 2.37. The van der Waals surface area contributed by atoms with Crippen LogP contribution in [0.4, 0.5) is 8.78 Å². The van der Waals surface area contributed by atoms with Gasteiger partial charge in [-0.2, -0.15) is 0 Å². The average Bonchev–Trinajstić information content (AvgIpc) is 2.38. The van der Waals surface area contributed by atoms with E-state index in [9.17, 15) is 8.78 Å². The Morgan fingerprint density at radius 2 is 1.89 bits per heavy atom. The van der Waals surface area contributed by atoms with Gasteiger partial charge in [-0.25, -0.2) is 8.78 Å². The number of halogens is 2. The van der Waals surface area contributed by atoms with Gasteiger partial charge in [0.25, 0.3) is 0 Å². The molecule has 4 heteroatoms. The number of rotatable bonds is 3. The first-order chi connectivity index (χ1) is 8.63. The van der Waals surface area contributed by atoms with Crippen LogP contribution in [0.15, 0.2) is 12.1 Å². The lowest BCUT2D eigenvalue weighted by Crippen LogP contribution is -2.38. The lowest BCUT2D eigenvalue weighted by Gasteiger charge is -2.37. The quantitative estimate of drug-likeness (QED) is 0.900. The van der Waals surface area contributed by atoms with Crippen LogP contribution in [0.3, 0.4) is 0 Å². The first-order valence-corrected chi connectivity index (χ1v) is 6.36. The maximum absolute atomic E-state index is 14.1. The van der Waals surface area contributed by atoms with E-state index in [1.165, 1.54) is 13.2 Å². The Labute approximate surface area is 106 Å². The fourth-order valence-electron chi connectivity index (χ4n) is 3.01. The summed E-state index contributed by atoms with van der Waals surface area (Å²) in [5.74, 6) is -0.880. The third kappa shape index (κ3) is 2.21. The predicted molar refractivity (Wildman–Crippen MR) is 66.7 cm³/mol. The topological polar surface area (TPSA) is 35.2 Å². The van der Waals surface area contributed by atoms with Crippen LogP contribution in [0.2, 0.25) is 0 Å². The molecule has 1 aromatic rings. The van der Waals surface area contributed by atoms with Crippen molar-refractivity contribution in [3.05, 3.63) is 29.3 Å². The van der Waals surface area contributed by atoms with E-state index in [2.05, 4.69) is 0 Å². The molecule has 1 aliphatic rings. The zero-order chi connectivity index (χ0) is 13.2. The lowest BCUT2D eigenvalue weighted by atomic mass is 9.69. The maximum atomic E-state index is 14.1. The molecule has 0 saturated heterocycles. The Balaban J connectivity index is 2.53. The van der Waals surface area contributed by atoms with Gasteiger partial charge in [0, 0.05) is 29.7 Å². The van der Waals surface area contributed by atoms with E-state index in [0.29, 0.717) is 12.1 Å². The molecule has 18 heavy (non-hydrogen) atoms. The van der Waals surface area contributed by atoms with Crippen molar-refractivity contribution < 1.29 is 13.5 Å². The molecular weight excluding hydrogens is 236 g/mol. The van der Waals surface area contributed by atoms with Crippen molar-refractivity contribution in [3.8, 4) is 5.75 Å². The normalized spacial score (nSPS) is 18.7. The van der Waals surface area contributed by atoms with Crippen molar-refractivity contribution in [2.24, 2.45) is 5.73 Å². The molecule has 2 rings (SSSR count). The molecule has 1 aliphatic carbocycles. The van der Waals surface area contributed by atoms with E-state index in [-0.39, 0.29) is 5.75 Å². The summed E-state index contributed by atoms with van der Waals surface area (Å²) in [6, 6.07) is 2.16. The van der Waals surface area contributed by atoms with Gasteiger partial charge in [-0.3, -0.25) is 0 Å². The van der Waals surface area contributed by atoms with E-state index >= 15 is 0 Å². The van der Waals surface area contributed by atoms with Gasteiger partial charge in [0.2, 0.25) is 0 Å². The van der Waals surface area contributed by atoms with Crippen molar-refractivity contribution in [3.63, 3.8) is 0 Å². The third-order valence-electron chi connectivity index (χ3n) is 3.97. The average molecular weight is 255 g/mol. The SMILES string of the molecule is COc1cc(F)cc(F)c1C1(CN)CCCCC1. The van der Waals surface area contributed by atoms with Crippen LogP contribution in [0, 0.1) is 11.6 Å². The molecule has 0 atom stereocenters. The Kier molecular flexibility index (Phi) is 3.85. The summed E-state index contributed by atoms with van der Waals surface area (Å²) >= 11 is 0. The lowest BCUT2D eigenvalue weighted by molar-refractivity contribution is 0.277. The van der Waals surface area contributed by atoms with Crippen molar-refractivity contribution >= 4 is 0 Å². The van der Waals surface area contributed by atoms with Gasteiger partial charge in [-0.15, -0.1) is 0 Å². The highest BCUT2D eigenvalue weighted by Crippen LogP contribution is 2.44. The Hall–Kier alpha value is -1.16. The summed E-state index contributed by atoms with van der Waals surface area (Å²) in [5, 5.41) is 0. The first-order valence-electron chi connectivity index (χ1n) is 6.36. The van der Waals surface area contributed by atoms with E-state index in [4.69, 9.17) is 10.5 Å². The fourth-order valence-corrected chi connectivity index (χ4v) is 3.01. The van der Waals surface area contributed by atoms with Gasteiger partial charge < -0.3 is 10.5 Å². The zero-order valence-electron chi connectivity index (χ0n) is 10.6. The molecule has 0 radical (unpaired) electrons. The molecule has 2 N–H and O–H groups in total. The van der Waals surface area contributed by atoms with Crippen molar-refractivity contribution in [2.75, 3.05) is 13.7 Å².